The Hall–Kier alpha value is -0.430. The van der Waals surface area contributed by atoms with Gasteiger partial charge in [-0.15, -0.1) is 0 Å². The molecule has 0 fully saturated rings. The molecule has 0 aliphatic heterocycles. The first kappa shape index (κ1) is 13.0. The molecule has 0 atom stereocenters. The molecule has 0 amide bonds. The van der Waals surface area contributed by atoms with E-state index in [-0.39, 0.29) is 5.82 Å². The number of aryl methyl sites for hydroxylation is 1. The van der Waals surface area contributed by atoms with Crippen LogP contribution in [0.2, 0.25) is 0 Å². The Kier molecular flexibility index (Phi) is 3.87. The first-order valence-electron chi connectivity index (χ1n) is 5.12. The number of halogens is 3. The minimum atomic E-state index is -0.207. The van der Waals surface area contributed by atoms with E-state index >= 15 is 0 Å². The third kappa shape index (κ3) is 2.70. The minimum absolute atomic E-state index is 0.207. The highest BCUT2D eigenvalue weighted by atomic mass is 127. The van der Waals surface area contributed by atoms with Gasteiger partial charge in [0.25, 0.3) is 0 Å². The summed E-state index contributed by atoms with van der Waals surface area (Å²) in [7, 11) is 0. The van der Waals surface area contributed by atoms with Crippen LogP contribution in [0.5, 0.6) is 0 Å². The SMILES string of the molecule is Cc1nn(Cc2ccc(Br)cc2F)c(C)c1I. The Morgan fingerprint density at radius 3 is 2.65 bits per heavy atom. The van der Waals surface area contributed by atoms with E-state index in [1.54, 1.807) is 6.07 Å². The molecule has 0 saturated carbocycles. The van der Waals surface area contributed by atoms with E-state index in [9.17, 15) is 4.39 Å². The van der Waals surface area contributed by atoms with E-state index in [2.05, 4.69) is 43.6 Å². The maximum atomic E-state index is 13.7. The van der Waals surface area contributed by atoms with Crippen LogP contribution in [0.3, 0.4) is 0 Å². The van der Waals surface area contributed by atoms with Crippen LogP contribution in [0.15, 0.2) is 22.7 Å². The molecule has 0 aliphatic carbocycles. The van der Waals surface area contributed by atoms with Crippen LogP contribution in [-0.4, -0.2) is 9.78 Å². The molecular formula is C12H11BrFIN2. The second-order valence-corrected chi connectivity index (χ2v) is 5.87. The van der Waals surface area contributed by atoms with Gasteiger partial charge in [0.05, 0.1) is 15.8 Å². The molecule has 0 saturated heterocycles. The molecular weight excluding hydrogens is 398 g/mol. The van der Waals surface area contributed by atoms with Crippen LogP contribution in [-0.2, 0) is 6.54 Å². The standard InChI is InChI=1S/C12H11BrFIN2/c1-7-12(15)8(2)17(16-7)6-9-3-4-10(13)5-11(9)14/h3-5H,6H2,1-2H3. The molecule has 0 N–H and O–H groups in total. The molecule has 1 heterocycles. The molecule has 1 aromatic heterocycles. The lowest BCUT2D eigenvalue weighted by Crippen LogP contribution is -2.05. The minimum Gasteiger partial charge on any atom is -0.264 e. The van der Waals surface area contributed by atoms with Crippen molar-refractivity contribution >= 4 is 38.5 Å². The van der Waals surface area contributed by atoms with Crippen LogP contribution in [0.4, 0.5) is 4.39 Å². The number of nitrogens with zero attached hydrogens (tertiary/aromatic N) is 2. The van der Waals surface area contributed by atoms with E-state index in [1.807, 2.05) is 24.6 Å². The van der Waals surface area contributed by atoms with Gasteiger partial charge in [0.15, 0.2) is 0 Å². The highest BCUT2D eigenvalue weighted by Crippen LogP contribution is 2.19. The summed E-state index contributed by atoms with van der Waals surface area (Å²) in [5, 5.41) is 4.40. The molecule has 17 heavy (non-hydrogen) atoms. The van der Waals surface area contributed by atoms with E-state index in [4.69, 9.17) is 0 Å². The van der Waals surface area contributed by atoms with E-state index in [0.29, 0.717) is 12.1 Å². The zero-order valence-corrected chi connectivity index (χ0v) is 13.2. The lowest BCUT2D eigenvalue weighted by Gasteiger charge is -2.06. The monoisotopic (exact) mass is 408 g/mol. The molecule has 2 rings (SSSR count). The van der Waals surface area contributed by atoms with E-state index in [0.717, 1.165) is 19.4 Å². The van der Waals surface area contributed by atoms with Crippen molar-refractivity contribution in [2.45, 2.75) is 20.4 Å². The van der Waals surface area contributed by atoms with Gasteiger partial charge in [-0.25, -0.2) is 4.39 Å². The number of benzene rings is 1. The van der Waals surface area contributed by atoms with E-state index < -0.39 is 0 Å². The first-order chi connectivity index (χ1) is 7.99. The Bertz CT molecular complexity index is 566. The van der Waals surface area contributed by atoms with Crippen molar-refractivity contribution in [3.63, 3.8) is 0 Å². The highest BCUT2D eigenvalue weighted by Gasteiger charge is 2.10. The molecule has 0 spiro atoms. The summed E-state index contributed by atoms with van der Waals surface area (Å²) in [6.07, 6.45) is 0. The number of hydrogen-bond donors (Lipinski definition) is 0. The second-order valence-electron chi connectivity index (χ2n) is 3.88. The topological polar surface area (TPSA) is 17.8 Å². The van der Waals surface area contributed by atoms with Gasteiger partial charge in [-0.3, -0.25) is 4.68 Å². The van der Waals surface area contributed by atoms with Crippen LogP contribution in [0, 0.1) is 23.2 Å². The third-order valence-electron chi connectivity index (χ3n) is 2.63. The predicted octanol–water partition coefficient (Wildman–Crippen LogP) is 4.05. The summed E-state index contributed by atoms with van der Waals surface area (Å²) in [5.41, 5.74) is 2.71. The summed E-state index contributed by atoms with van der Waals surface area (Å²) in [5.74, 6) is -0.207. The van der Waals surface area contributed by atoms with Crippen LogP contribution in [0.25, 0.3) is 0 Å². The highest BCUT2D eigenvalue weighted by molar-refractivity contribution is 14.1. The van der Waals surface area contributed by atoms with Gasteiger partial charge in [0.2, 0.25) is 0 Å². The van der Waals surface area contributed by atoms with Crippen molar-refractivity contribution < 1.29 is 4.39 Å². The quantitative estimate of drug-likeness (QED) is 0.685. The van der Waals surface area contributed by atoms with Gasteiger partial charge in [-0.1, -0.05) is 22.0 Å². The molecule has 1 aromatic carbocycles. The van der Waals surface area contributed by atoms with E-state index in [1.165, 1.54) is 6.07 Å². The van der Waals surface area contributed by atoms with Gasteiger partial charge in [-0.2, -0.15) is 5.10 Å². The third-order valence-corrected chi connectivity index (χ3v) is 4.68. The average molecular weight is 409 g/mol. The summed E-state index contributed by atoms with van der Waals surface area (Å²) < 4.78 is 17.4. The number of rotatable bonds is 2. The van der Waals surface area contributed by atoms with Gasteiger partial charge in [0.1, 0.15) is 5.82 Å². The zero-order valence-electron chi connectivity index (χ0n) is 9.47. The molecule has 2 aromatic rings. The second kappa shape index (κ2) is 5.06. The molecule has 2 nitrogen and oxygen atoms in total. The number of aromatic nitrogens is 2. The first-order valence-corrected chi connectivity index (χ1v) is 6.99. The molecule has 0 aliphatic rings. The molecule has 0 unspecified atom stereocenters. The maximum absolute atomic E-state index is 13.7. The van der Waals surface area contributed by atoms with Crippen molar-refractivity contribution in [3.8, 4) is 0 Å². The van der Waals surface area contributed by atoms with Crippen LogP contribution in [0.1, 0.15) is 17.0 Å². The lowest BCUT2D eigenvalue weighted by atomic mass is 10.2. The fourth-order valence-corrected chi connectivity index (χ4v) is 2.36. The molecule has 5 heteroatoms. The van der Waals surface area contributed by atoms with Crippen molar-refractivity contribution in [1.29, 1.82) is 0 Å². The summed E-state index contributed by atoms with van der Waals surface area (Å²) in [4.78, 5) is 0. The fourth-order valence-electron chi connectivity index (χ4n) is 1.64. The Labute approximate surface area is 121 Å². The largest absolute Gasteiger partial charge is 0.264 e. The molecule has 0 bridgehead atoms. The van der Waals surface area contributed by atoms with Crippen molar-refractivity contribution in [3.05, 3.63) is 49.0 Å². The summed E-state index contributed by atoms with van der Waals surface area (Å²) in [6.45, 7) is 4.43. The van der Waals surface area contributed by atoms with Gasteiger partial charge in [0, 0.05) is 15.7 Å². The smallest absolute Gasteiger partial charge is 0.129 e. The van der Waals surface area contributed by atoms with Crippen LogP contribution >= 0.6 is 38.5 Å². The zero-order chi connectivity index (χ0) is 12.6. The fraction of sp³-hybridized carbons (Fsp3) is 0.250. The maximum Gasteiger partial charge on any atom is 0.129 e. The van der Waals surface area contributed by atoms with Crippen molar-refractivity contribution in [2.24, 2.45) is 0 Å². The van der Waals surface area contributed by atoms with Gasteiger partial charge < -0.3 is 0 Å². The van der Waals surface area contributed by atoms with Gasteiger partial charge >= 0.3 is 0 Å². The number of hydrogen-bond acceptors (Lipinski definition) is 1. The van der Waals surface area contributed by atoms with Crippen LogP contribution < -0.4 is 0 Å². The summed E-state index contributed by atoms with van der Waals surface area (Å²) >= 11 is 5.51. The Morgan fingerprint density at radius 2 is 2.12 bits per heavy atom. The van der Waals surface area contributed by atoms with Crippen molar-refractivity contribution in [2.75, 3.05) is 0 Å². The molecule has 90 valence electrons. The van der Waals surface area contributed by atoms with Gasteiger partial charge in [-0.05, 0) is 48.6 Å². The average Bonchev–Trinajstić information content (AvgIpc) is 2.50. The Morgan fingerprint density at radius 1 is 1.41 bits per heavy atom. The molecule has 0 radical (unpaired) electrons. The van der Waals surface area contributed by atoms with Crippen molar-refractivity contribution in [1.82, 2.24) is 9.78 Å². The Balaban J connectivity index is 2.34. The lowest BCUT2D eigenvalue weighted by molar-refractivity contribution is 0.578. The summed E-state index contributed by atoms with van der Waals surface area (Å²) in [6, 6.07) is 5.10. The normalized spacial score (nSPS) is 10.9. The predicted molar refractivity (Wildman–Crippen MR) is 77.6 cm³/mol.